The summed E-state index contributed by atoms with van der Waals surface area (Å²) in [6, 6.07) is 0. The number of rotatable bonds is 9. The second-order valence-electron chi connectivity index (χ2n) is 3.58. The van der Waals surface area contributed by atoms with Gasteiger partial charge in [-0.3, -0.25) is 0 Å². The summed E-state index contributed by atoms with van der Waals surface area (Å²) in [6.07, 6.45) is 5.14. The fraction of sp³-hybridized carbons (Fsp3) is 1.00. The maximum atomic E-state index is 9.15. The average Bonchev–Trinajstić information content (AvgIpc) is 2.24. The lowest BCUT2D eigenvalue weighted by Crippen LogP contribution is -2.51. The van der Waals surface area contributed by atoms with Gasteiger partial charge in [-0.25, -0.2) is 0 Å². The lowest BCUT2D eigenvalue weighted by molar-refractivity contribution is 0.0877. The van der Waals surface area contributed by atoms with Crippen LogP contribution in [0.1, 0.15) is 26.2 Å². The van der Waals surface area contributed by atoms with Crippen molar-refractivity contribution < 1.29 is 10.2 Å². The highest BCUT2D eigenvalue weighted by Crippen LogP contribution is 2.08. The Bertz CT molecular complexity index is 121. The van der Waals surface area contributed by atoms with E-state index in [1.807, 2.05) is 18.7 Å². The second-order valence-corrected chi connectivity index (χ2v) is 4.56. The normalized spacial score (nSPS) is 12.0. The van der Waals surface area contributed by atoms with E-state index in [0.717, 1.165) is 19.4 Å². The molecule has 0 bridgehead atoms. The summed E-state index contributed by atoms with van der Waals surface area (Å²) in [4.78, 5) is 0. The zero-order chi connectivity index (χ0) is 10.9. The smallest absolute Gasteiger partial charge is 0.0645 e. The van der Waals surface area contributed by atoms with E-state index in [9.17, 15) is 0 Å². The first-order valence-electron chi connectivity index (χ1n) is 5.20. The third kappa shape index (κ3) is 5.20. The van der Waals surface area contributed by atoms with Crippen molar-refractivity contribution in [3.05, 3.63) is 0 Å². The first kappa shape index (κ1) is 14.2. The Balaban J connectivity index is 3.61. The number of hydrogen-bond acceptors (Lipinski definition) is 4. The number of nitrogens with one attached hydrogen (secondary N) is 1. The molecule has 4 heteroatoms. The molecule has 0 unspecified atom stereocenters. The molecule has 14 heavy (non-hydrogen) atoms. The summed E-state index contributed by atoms with van der Waals surface area (Å²) in [6.45, 7) is 2.85. The molecule has 0 aromatic carbocycles. The van der Waals surface area contributed by atoms with E-state index in [1.54, 1.807) is 0 Å². The van der Waals surface area contributed by atoms with Crippen LogP contribution in [0.2, 0.25) is 0 Å². The molecular weight excluding hydrogens is 198 g/mol. The van der Waals surface area contributed by atoms with Gasteiger partial charge in [-0.05, 0) is 37.8 Å². The Hall–Kier alpha value is 0.230. The molecule has 0 aliphatic rings. The Morgan fingerprint density at radius 2 is 1.86 bits per heavy atom. The van der Waals surface area contributed by atoms with Crippen molar-refractivity contribution in [2.24, 2.45) is 0 Å². The molecule has 3 N–H and O–H groups in total. The van der Waals surface area contributed by atoms with E-state index in [2.05, 4.69) is 11.6 Å². The first-order chi connectivity index (χ1) is 6.74. The Morgan fingerprint density at radius 1 is 1.21 bits per heavy atom. The van der Waals surface area contributed by atoms with Crippen LogP contribution in [-0.4, -0.2) is 47.5 Å². The largest absolute Gasteiger partial charge is 0.394 e. The summed E-state index contributed by atoms with van der Waals surface area (Å²) in [7, 11) is 0. The minimum absolute atomic E-state index is 0.00251. The molecule has 0 aromatic heterocycles. The lowest BCUT2D eigenvalue weighted by Gasteiger charge is -2.29. The molecule has 0 radical (unpaired) electrons. The van der Waals surface area contributed by atoms with E-state index in [1.165, 1.54) is 12.2 Å². The molecule has 0 heterocycles. The zero-order valence-corrected chi connectivity index (χ0v) is 10.1. The van der Waals surface area contributed by atoms with Crippen LogP contribution in [0.15, 0.2) is 0 Å². The fourth-order valence-corrected chi connectivity index (χ4v) is 1.73. The highest BCUT2D eigenvalue weighted by molar-refractivity contribution is 7.98. The molecule has 0 aliphatic heterocycles. The fourth-order valence-electron chi connectivity index (χ4n) is 1.24. The van der Waals surface area contributed by atoms with Gasteiger partial charge in [0.25, 0.3) is 0 Å². The number of aliphatic hydroxyl groups excluding tert-OH is 2. The van der Waals surface area contributed by atoms with Crippen LogP contribution in [0.4, 0.5) is 0 Å². The van der Waals surface area contributed by atoms with Gasteiger partial charge < -0.3 is 15.5 Å². The van der Waals surface area contributed by atoms with Crippen LogP contribution in [0.3, 0.4) is 0 Å². The highest BCUT2D eigenvalue weighted by atomic mass is 32.2. The van der Waals surface area contributed by atoms with E-state index in [4.69, 9.17) is 10.2 Å². The molecule has 86 valence electrons. The number of hydrogen-bond donors (Lipinski definition) is 3. The monoisotopic (exact) mass is 221 g/mol. The minimum Gasteiger partial charge on any atom is -0.394 e. The van der Waals surface area contributed by atoms with Crippen molar-refractivity contribution >= 4 is 11.8 Å². The van der Waals surface area contributed by atoms with Gasteiger partial charge in [-0.1, -0.05) is 6.92 Å². The van der Waals surface area contributed by atoms with Crippen molar-refractivity contribution in [1.29, 1.82) is 0 Å². The van der Waals surface area contributed by atoms with E-state index in [-0.39, 0.29) is 13.2 Å². The van der Waals surface area contributed by atoms with E-state index >= 15 is 0 Å². The minimum atomic E-state index is -0.473. The molecule has 3 nitrogen and oxygen atoms in total. The van der Waals surface area contributed by atoms with E-state index in [0.29, 0.717) is 0 Å². The van der Waals surface area contributed by atoms with Crippen LogP contribution in [-0.2, 0) is 0 Å². The van der Waals surface area contributed by atoms with Gasteiger partial charge in [-0.15, -0.1) is 0 Å². The number of thioether (sulfide) groups is 1. The van der Waals surface area contributed by atoms with E-state index < -0.39 is 5.54 Å². The first-order valence-corrected chi connectivity index (χ1v) is 6.59. The van der Waals surface area contributed by atoms with Crippen LogP contribution >= 0.6 is 11.8 Å². The second kappa shape index (κ2) is 8.53. The van der Waals surface area contributed by atoms with Crippen molar-refractivity contribution in [3.8, 4) is 0 Å². The molecule has 0 saturated carbocycles. The standard InChI is InChI=1S/C10H23NO2S/c1-3-10(8-12,9-13)11-6-4-5-7-14-2/h11-13H,3-9H2,1-2H3. The molecule has 0 aliphatic carbocycles. The molecule has 0 aromatic rings. The summed E-state index contributed by atoms with van der Waals surface area (Å²) >= 11 is 1.85. The van der Waals surface area contributed by atoms with Gasteiger partial charge in [0.1, 0.15) is 0 Å². The maximum absolute atomic E-state index is 9.15. The van der Waals surface area contributed by atoms with Gasteiger partial charge in [0, 0.05) is 0 Å². The predicted octanol–water partition coefficient (Wildman–Crippen LogP) is 0.853. The summed E-state index contributed by atoms with van der Waals surface area (Å²) in [5, 5.41) is 21.5. The van der Waals surface area contributed by atoms with Gasteiger partial charge in [0.05, 0.1) is 18.8 Å². The Labute approximate surface area is 91.3 Å². The van der Waals surface area contributed by atoms with Crippen LogP contribution in [0.5, 0.6) is 0 Å². The van der Waals surface area contributed by atoms with Crippen molar-refractivity contribution in [1.82, 2.24) is 5.32 Å². The Kier molecular flexibility index (Phi) is 8.67. The van der Waals surface area contributed by atoms with Gasteiger partial charge in [0.15, 0.2) is 0 Å². The van der Waals surface area contributed by atoms with Crippen LogP contribution in [0, 0.1) is 0 Å². The van der Waals surface area contributed by atoms with Crippen molar-refractivity contribution in [3.63, 3.8) is 0 Å². The summed E-state index contributed by atoms with van der Waals surface area (Å²) in [5.74, 6) is 1.18. The molecule has 0 amide bonds. The lowest BCUT2D eigenvalue weighted by atomic mass is 9.98. The predicted molar refractivity (Wildman–Crippen MR) is 62.8 cm³/mol. The molecule has 0 rings (SSSR count). The summed E-state index contributed by atoms with van der Waals surface area (Å²) < 4.78 is 0. The molecule has 0 spiro atoms. The molecular formula is C10H23NO2S. The summed E-state index contributed by atoms with van der Waals surface area (Å²) in [5.41, 5.74) is -0.473. The molecule has 0 fully saturated rings. The van der Waals surface area contributed by atoms with Gasteiger partial charge in [-0.2, -0.15) is 11.8 Å². The zero-order valence-electron chi connectivity index (χ0n) is 9.25. The molecule has 0 atom stereocenters. The highest BCUT2D eigenvalue weighted by Gasteiger charge is 2.24. The van der Waals surface area contributed by atoms with Gasteiger partial charge >= 0.3 is 0 Å². The topological polar surface area (TPSA) is 52.5 Å². The SMILES string of the molecule is CCC(CO)(CO)NCCCCSC. The number of unbranched alkanes of at least 4 members (excludes halogenated alkanes) is 1. The van der Waals surface area contributed by atoms with Crippen molar-refractivity contribution in [2.75, 3.05) is 31.8 Å². The average molecular weight is 221 g/mol. The third-order valence-corrected chi connectivity index (χ3v) is 3.25. The van der Waals surface area contributed by atoms with Crippen LogP contribution in [0.25, 0.3) is 0 Å². The number of aliphatic hydroxyl groups is 2. The Morgan fingerprint density at radius 3 is 2.29 bits per heavy atom. The maximum Gasteiger partial charge on any atom is 0.0645 e. The third-order valence-electron chi connectivity index (χ3n) is 2.56. The van der Waals surface area contributed by atoms with Crippen LogP contribution < -0.4 is 5.32 Å². The quantitative estimate of drug-likeness (QED) is 0.505. The molecule has 0 saturated heterocycles. The van der Waals surface area contributed by atoms with Gasteiger partial charge in [0.2, 0.25) is 0 Å². The van der Waals surface area contributed by atoms with Crippen molar-refractivity contribution in [2.45, 2.75) is 31.7 Å².